The van der Waals surface area contributed by atoms with E-state index in [-0.39, 0.29) is 12.8 Å². The van der Waals surface area contributed by atoms with E-state index in [9.17, 15) is 13.2 Å². The van der Waals surface area contributed by atoms with Crippen molar-refractivity contribution in [3.05, 3.63) is 0 Å². The lowest BCUT2D eigenvalue weighted by Gasteiger charge is -2.36. The fraction of sp³-hybridized carbons (Fsp3) is 1.00. The highest BCUT2D eigenvalue weighted by Crippen LogP contribution is 2.34. The molecule has 1 aliphatic rings. The maximum absolute atomic E-state index is 12.5. The molecule has 1 aliphatic heterocycles. The predicted octanol–water partition coefficient (Wildman–Crippen LogP) is 3.04. The van der Waals surface area contributed by atoms with E-state index in [4.69, 9.17) is 0 Å². The van der Waals surface area contributed by atoms with Crippen LogP contribution in [-0.2, 0) is 0 Å². The number of rotatable bonds is 6. The van der Waals surface area contributed by atoms with Crippen LogP contribution in [0.3, 0.4) is 0 Å². The molecule has 1 saturated heterocycles. The van der Waals surface area contributed by atoms with Crippen molar-refractivity contribution in [2.45, 2.75) is 51.7 Å². The number of nitrogens with zero attached hydrogens (tertiary/aromatic N) is 1. The van der Waals surface area contributed by atoms with Gasteiger partial charge >= 0.3 is 6.18 Å². The lowest BCUT2D eigenvalue weighted by Crippen LogP contribution is -2.43. The van der Waals surface area contributed by atoms with Gasteiger partial charge in [0.15, 0.2) is 0 Å². The van der Waals surface area contributed by atoms with Crippen LogP contribution in [0.15, 0.2) is 0 Å². The molecule has 1 atom stereocenters. The minimum atomic E-state index is -4.00. The first-order chi connectivity index (χ1) is 8.45. The smallest absolute Gasteiger partial charge is 0.317 e. The minimum absolute atomic E-state index is 0.265. The second-order valence-corrected chi connectivity index (χ2v) is 5.20. The third-order valence-corrected chi connectivity index (χ3v) is 3.84. The third-order valence-electron chi connectivity index (χ3n) is 3.84. The molecule has 0 aromatic heterocycles. The van der Waals surface area contributed by atoms with Crippen molar-refractivity contribution in [2.75, 3.05) is 26.2 Å². The Kier molecular flexibility index (Phi) is 6.43. The molecule has 0 spiro atoms. The number of nitrogens with one attached hydrogen (secondary N) is 1. The lowest BCUT2D eigenvalue weighted by atomic mass is 9.95. The molecule has 1 fully saturated rings. The molecule has 0 aliphatic carbocycles. The van der Waals surface area contributed by atoms with Crippen molar-refractivity contribution in [1.29, 1.82) is 0 Å². The number of alkyl halides is 3. The molecule has 108 valence electrons. The van der Waals surface area contributed by atoms with E-state index in [1.54, 1.807) is 0 Å². The molecule has 0 amide bonds. The number of piperidine rings is 1. The van der Waals surface area contributed by atoms with Crippen LogP contribution in [0.5, 0.6) is 0 Å². The van der Waals surface area contributed by atoms with Gasteiger partial charge in [0.2, 0.25) is 0 Å². The molecule has 0 radical (unpaired) electrons. The molecule has 1 rings (SSSR count). The first-order valence-electron chi connectivity index (χ1n) is 6.96. The van der Waals surface area contributed by atoms with Crippen LogP contribution in [0, 0.1) is 5.92 Å². The maximum Gasteiger partial charge on any atom is 0.391 e. The second kappa shape index (κ2) is 7.34. The summed E-state index contributed by atoms with van der Waals surface area (Å²) in [5, 5.41) is 3.27. The van der Waals surface area contributed by atoms with Crippen molar-refractivity contribution >= 4 is 0 Å². The highest BCUT2D eigenvalue weighted by atomic mass is 19.4. The van der Waals surface area contributed by atoms with Gasteiger partial charge in [0.1, 0.15) is 0 Å². The number of hydrogen-bond donors (Lipinski definition) is 1. The van der Waals surface area contributed by atoms with Gasteiger partial charge in [-0.25, -0.2) is 0 Å². The zero-order valence-electron chi connectivity index (χ0n) is 11.4. The van der Waals surface area contributed by atoms with Gasteiger partial charge in [-0.3, -0.25) is 0 Å². The van der Waals surface area contributed by atoms with E-state index in [2.05, 4.69) is 24.1 Å². The number of hydrogen-bond acceptors (Lipinski definition) is 2. The number of halogens is 3. The first kappa shape index (κ1) is 15.8. The average molecular weight is 266 g/mol. The topological polar surface area (TPSA) is 15.3 Å². The first-order valence-corrected chi connectivity index (χ1v) is 6.96. The summed E-state index contributed by atoms with van der Waals surface area (Å²) in [4.78, 5) is 2.20. The van der Waals surface area contributed by atoms with Crippen LogP contribution >= 0.6 is 0 Å². The van der Waals surface area contributed by atoms with Crippen LogP contribution < -0.4 is 5.32 Å². The Morgan fingerprint density at radius 3 is 2.39 bits per heavy atom. The van der Waals surface area contributed by atoms with Gasteiger partial charge in [0, 0.05) is 6.04 Å². The molecule has 1 heterocycles. The Balaban J connectivity index is 2.21. The molecule has 1 N–H and O–H groups in total. The summed E-state index contributed by atoms with van der Waals surface area (Å²) >= 11 is 0. The second-order valence-electron chi connectivity index (χ2n) is 5.20. The molecule has 1 unspecified atom stereocenters. The van der Waals surface area contributed by atoms with Gasteiger partial charge in [0.25, 0.3) is 0 Å². The molecule has 18 heavy (non-hydrogen) atoms. The Morgan fingerprint density at radius 1 is 1.28 bits per heavy atom. The monoisotopic (exact) mass is 266 g/mol. The van der Waals surface area contributed by atoms with Crippen LogP contribution in [0.25, 0.3) is 0 Å². The largest absolute Gasteiger partial charge is 0.391 e. The van der Waals surface area contributed by atoms with Gasteiger partial charge in [0.05, 0.1) is 5.92 Å². The summed E-state index contributed by atoms with van der Waals surface area (Å²) in [7, 11) is 0. The fourth-order valence-corrected chi connectivity index (χ4v) is 2.55. The third kappa shape index (κ3) is 5.14. The van der Waals surface area contributed by atoms with E-state index in [0.29, 0.717) is 19.1 Å². The van der Waals surface area contributed by atoms with Crippen LogP contribution in [0.1, 0.15) is 39.5 Å². The molecule has 0 bridgehead atoms. The lowest BCUT2D eigenvalue weighted by molar-refractivity contribution is -0.186. The van der Waals surface area contributed by atoms with Gasteiger partial charge in [-0.05, 0) is 58.8 Å². The Hall–Kier alpha value is -0.290. The summed E-state index contributed by atoms with van der Waals surface area (Å²) in [6.45, 7) is 7.36. The van der Waals surface area contributed by atoms with Crippen molar-refractivity contribution in [3.63, 3.8) is 0 Å². The van der Waals surface area contributed by atoms with Crippen molar-refractivity contribution in [3.8, 4) is 0 Å². The van der Waals surface area contributed by atoms with Gasteiger partial charge in [-0.2, -0.15) is 13.2 Å². The minimum Gasteiger partial charge on any atom is -0.317 e. The van der Waals surface area contributed by atoms with Crippen molar-refractivity contribution < 1.29 is 13.2 Å². The highest BCUT2D eigenvalue weighted by Gasteiger charge is 2.41. The molecule has 0 aromatic rings. The Morgan fingerprint density at radius 2 is 1.89 bits per heavy atom. The van der Waals surface area contributed by atoms with Crippen molar-refractivity contribution in [2.24, 2.45) is 5.92 Å². The molecular formula is C13H25F3N2. The van der Waals surface area contributed by atoms with E-state index >= 15 is 0 Å². The quantitative estimate of drug-likeness (QED) is 0.743. The summed E-state index contributed by atoms with van der Waals surface area (Å²) in [5.74, 6) is -1.08. The Labute approximate surface area is 108 Å². The summed E-state index contributed by atoms with van der Waals surface area (Å²) in [6, 6.07) is 0.401. The van der Waals surface area contributed by atoms with E-state index < -0.39 is 12.1 Å². The molecule has 5 heteroatoms. The summed E-state index contributed by atoms with van der Waals surface area (Å²) < 4.78 is 37.6. The number of likely N-dealkylation sites (tertiary alicyclic amines) is 1. The van der Waals surface area contributed by atoms with Crippen LogP contribution in [0.4, 0.5) is 13.2 Å². The van der Waals surface area contributed by atoms with Gasteiger partial charge < -0.3 is 10.2 Å². The molecule has 0 aromatic carbocycles. The predicted molar refractivity (Wildman–Crippen MR) is 67.6 cm³/mol. The maximum atomic E-state index is 12.5. The molecular weight excluding hydrogens is 241 g/mol. The SMILES string of the molecule is CCNCCCC(C)N1CCC(C(F)(F)F)CC1. The van der Waals surface area contributed by atoms with Crippen LogP contribution in [-0.4, -0.2) is 43.3 Å². The zero-order valence-corrected chi connectivity index (χ0v) is 11.4. The summed E-state index contributed by atoms with van der Waals surface area (Å²) in [6.07, 6.45) is -1.32. The summed E-state index contributed by atoms with van der Waals surface area (Å²) in [5.41, 5.74) is 0. The average Bonchev–Trinajstić information content (AvgIpc) is 2.33. The zero-order chi connectivity index (χ0) is 13.6. The standard InChI is InChI=1S/C13H25F3N2/c1-3-17-8-4-5-11(2)18-9-6-12(7-10-18)13(14,15)16/h11-12,17H,3-10H2,1-2H3. The molecule has 0 saturated carbocycles. The molecule has 2 nitrogen and oxygen atoms in total. The Bertz CT molecular complexity index is 223. The van der Waals surface area contributed by atoms with Gasteiger partial charge in [-0.1, -0.05) is 6.92 Å². The van der Waals surface area contributed by atoms with Crippen molar-refractivity contribution in [1.82, 2.24) is 10.2 Å². The van der Waals surface area contributed by atoms with Gasteiger partial charge in [-0.15, -0.1) is 0 Å². The van der Waals surface area contributed by atoms with E-state index in [1.165, 1.54) is 0 Å². The fourth-order valence-electron chi connectivity index (χ4n) is 2.55. The highest BCUT2D eigenvalue weighted by molar-refractivity contribution is 4.79. The van der Waals surface area contributed by atoms with Crippen LogP contribution in [0.2, 0.25) is 0 Å². The van der Waals surface area contributed by atoms with E-state index in [1.807, 2.05) is 0 Å². The normalized spacial score (nSPS) is 21.2. The van der Waals surface area contributed by atoms with E-state index in [0.717, 1.165) is 25.9 Å².